The van der Waals surface area contributed by atoms with Crippen molar-refractivity contribution >= 4 is 11.4 Å². The lowest BCUT2D eigenvalue weighted by Gasteiger charge is -2.06. The first kappa shape index (κ1) is 13.4. The number of rotatable bonds is 7. The van der Waals surface area contributed by atoms with Gasteiger partial charge in [-0.2, -0.15) is 0 Å². The molecule has 94 valence electrons. The normalized spacial score (nSPS) is 10.2. The van der Waals surface area contributed by atoms with Gasteiger partial charge in [0.2, 0.25) is 0 Å². The summed E-state index contributed by atoms with van der Waals surface area (Å²) in [6.45, 7) is 3.13. The smallest absolute Gasteiger partial charge is 0.294 e. The molecule has 1 aromatic carbocycles. The van der Waals surface area contributed by atoms with Crippen LogP contribution in [-0.4, -0.2) is 11.5 Å². The highest BCUT2D eigenvalue weighted by molar-refractivity contribution is 5.61. The fourth-order valence-corrected chi connectivity index (χ4v) is 1.38. The third-order valence-corrected chi connectivity index (χ3v) is 2.33. The number of nitro groups is 1. The second kappa shape index (κ2) is 6.82. The van der Waals surface area contributed by atoms with E-state index < -0.39 is 4.92 Å². The number of ether oxygens (including phenoxy) is 1. The molecule has 0 bridgehead atoms. The zero-order valence-corrected chi connectivity index (χ0v) is 9.81. The molecule has 0 saturated carbocycles. The molecule has 6 nitrogen and oxygen atoms in total. The van der Waals surface area contributed by atoms with E-state index in [-0.39, 0.29) is 5.69 Å². The lowest BCUT2D eigenvalue weighted by molar-refractivity contribution is -0.384. The van der Waals surface area contributed by atoms with Crippen LogP contribution in [0.5, 0.6) is 0 Å². The van der Waals surface area contributed by atoms with Gasteiger partial charge in [-0.15, -0.1) is 0 Å². The van der Waals surface area contributed by atoms with E-state index in [9.17, 15) is 10.1 Å². The molecule has 0 spiro atoms. The highest BCUT2D eigenvalue weighted by Crippen LogP contribution is 2.24. The molecule has 0 amide bonds. The van der Waals surface area contributed by atoms with Gasteiger partial charge < -0.3 is 10.2 Å². The number of nitrogen functional groups attached to an aromatic ring is 1. The Balaban J connectivity index is 2.68. The number of nitro benzene ring substituents is 1. The largest absolute Gasteiger partial charge is 0.377 e. The van der Waals surface area contributed by atoms with Crippen molar-refractivity contribution in [2.24, 2.45) is 5.84 Å². The van der Waals surface area contributed by atoms with Crippen LogP contribution in [0.4, 0.5) is 11.4 Å². The number of anilines is 1. The van der Waals surface area contributed by atoms with Crippen LogP contribution in [-0.2, 0) is 11.3 Å². The highest BCUT2D eigenvalue weighted by atomic mass is 16.6. The topological polar surface area (TPSA) is 90.4 Å². The predicted octanol–water partition coefficient (Wildman–Crippen LogP) is 2.20. The molecule has 6 heteroatoms. The van der Waals surface area contributed by atoms with Crippen LogP contribution in [0.2, 0.25) is 0 Å². The van der Waals surface area contributed by atoms with Crippen molar-refractivity contribution in [2.45, 2.75) is 26.4 Å². The number of nitrogens with two attached hydrogens (primary N) is 1. The van der Waals surface area contributed by atoms with E-state index in [1.54, 1.807) is 12.1 Å². The van der Waals surface area contributed by atoms with Gasteiger partial charge in [-0.1, -0.05) is 19.4 Å². The van der Waals surface area contributed by atoms with Gasteiger partial charge in [0.25, 0.3) is 5.69 Å². The Morgan fingerprint density at radius 2 is 2.29 bits per heavy atom. The van der Waals surface area contributed by atoms with E-state index in [1.807, 2.05) is 0 Å². The lowest BCUT2D eigenvalue weighted by Crippen LogP contribution is -2.09. The van der Waals surface area contributed by atoms with Crippen molar-refractivity contribution in [3.8, 4) is 0 Å². The summed E-state index contributed by atoms with van der Waals surface area (Å²) in [5, 5.41) is 10.8. The molecule has 0 atom stereocenters. The second-order valence-electron chi connectivity index (χ2n) is 3.66. The number of unbranched alkanes of at least 4 members (excludes halogenated alkanes) is 1. The second-order valence-corrected chi connectivity index (χ2v) is 3.66. The standard InChI is InChI=1S/C11H17N3O3/c1-2-3-6-17-8-9-4-5-10(13-12)11(7-9)14(15)16/h4-5,7,13H,2-3,6,8,12H2,1H3. The SMILES string of the molecule is CCCCOCc1ccc(NN)c([N+](=O)[O-])c1. The van der Waals surface area contributed by atoms with Gasteiger partial charge in [-0.25, -0.2) is 0 Å². The summed E-state index contributed by atoms with van der Waals surface area (Å²) < 4.78 is 5.39. The maximum absolute atomic E-state index is 10.8. The summed E-state index contributed by atoms with van der Waals surface area (Å²) in [7, 11) is 0. The molecule has 0 saturated heterocycles. The van der Waals surface area contributed by atoms with Crippen LogP contribution in [0.25, 0.3) is 0 Å². The highest BCUT2D eigenvalue weighted by Gasteiger charge is 2.13. The quantitative estimate of drug-likeness (QED) is 0.329. The summed E-state index contributed by atoms with van der Waals surface area (Å²) in [5.74, 6) is 5.19. The van der Waals surface area contributed by atoms with E-state index >= 15 is 0 Å². The molecular weight excluding hydrogens is 222 g/mol. The number of hydrazine groups is 1. The van der Waals surface area contributed by atoms with Crippen molar-refractivity contribution in [3.63, 3.8) is 0 Å². The van der Waals surface area contributed by atoms with Crippen molar-refractivity contribution in [1.82, 2.24) is 0 Å². The van der Waals surface area contributed by atoms with Crippen LogP contribution in [0, 0.1) is 10.1 Å². The fourth-order valence-electron chi connectivity index (χ4n) is 1.38. The predicted molar refractivity (Wildman–Crippen MR) is 65.5 cm³/mol. The molecule has 1 aromatic rings. The molecule has 0 fully saturated rings. The first-order valence-corrected chi connectivity index (χ1v) is 5.50. The molecule has 0 aliphatic rings. The maximum atomic E-state index is 10.8. The molecule has 1 rings (SSSR count). The average molecular weight is 239 g/mol. The monoisotopic (exact) mass is 239 g/mol. The third kappa shape index (κ3) is 4.01. The van der Waals surface area contributed by atoms with Crippen LogP contribution in [0.3, 0.4) is 0 Å². The zero-order chi connectivity index (χ0) is 12.7. The Morgan fingerprint density at radius 1 is 1.53 bits per heavy atom. The number of nitrogens with one attached hydrogen (secondary N) is 1. The molecule has 0 aliphatic heterocycles. The van der Waals surface area contributed by atoms with E-state index in [4.69, 9.17) is 10.6 Å². The summed E-state index contributed by atoms with van der Waals surface area (Å²) in [6, 6.07) is 4.81. The lowest BCUT2D eigenvalue weighted by atomic mass is 10.2. The van der Waals surface area contributed by atoms with Gasteiger partial charge in [0.05, 0.1) is 11.5 Å². The average Bonchev–Trinajstić information content (AvgIpc) is 2.34. The van der Waals surface area contributed by atoms with Crippen molar-refractivity contribution in [3.05, 3.63) is 33.9 Å². The number of nitrogens with zero attached hydrogens (tertiary/aromatic N) is 1. The third-order valence-electron chi connectivity index (χ3n) is 2.33. The summed E-state index contributed by atoms with van der Waals surface area (Å²) >= 11 is 0. The summed E-state index contributed by atoms with van der Waals surface area (Å²) in [6.07, 6.45) is 2.06. The molecule has 0 aliphatic carbocycles. The molecule has 0 heterocycles. The Kier molecular flexibility index (Phi) is 5.38. The zero-order valence-electron chi connectivity index (χ0n) is 9.81. The van der Waals surface area contributed by atoms with Gasteiger partial charge in [-0.3, -0.25) is 16.0 Å². The van der Waals surface area contributed by atoms with Crippen molar-refractivity contribution in [1.29, 1.82) is 0 Å². The number of hydrogen-bond donors (Lipinski definition) is 2. The molecule has 3 N–H and O–H groups in total. The van der Waals surface area contributed by atoms with Gasteiger partial charge in [0, 0.05) is 12.7 Å². The molecule has 17 heavy (non-hydrogen) atoms. The van der Waals surface area contributed by atoms with Crippen LogP contribution in [0.1, 0.15) is 25.3 Å². The van der Waals surface area contributed by atoms with Crippen LogP contribution < -0.4 is 11.3 Å². The van der Waals surface area contributed by atoms with Gasteiger partial charge in [-0.05, 0) is 18.1 Å². The molecule has 0 radical (unpaired) electrons. The van der Waals surface area contributed by atoms with E-state index in [0.29, 0.717) is 18.9 Å². The minimum Gasteiger partial charge on any atom is -0.377 e. The molecule has 0 unspecified atom stereocenters. The Hall–Kier alpha value is -1.66. The fraction of sp³-hybridized carbons (Fsp3) is 0.455. The van der Waals surface area contributed by atoms with Crippen molar-refractivity contribution < 1.29 is 9.66 Å². The van der Waals surface area contributed by atoms with Crippen LogP contribution >= 0.6 is 0 Å². The Labute approximate surface area is 99.9 Å². The maximum Gasteiger partial charge on any atom is 0.294 e. The van der Waals surface area contributed by atoms with E-state index in [1.165, 1.54) is 6.07 Å². The van der Waals surface area contributed by atoms with E-state index in [2.05, 4.69) is 12.3 Å². The first-order chi connectivity index (χ1) is 8.19. The first-order valence-electron chi connectivity index (χ1n) is 5.50. The minimum absolute atomic E-state index is 0.0379. The van der Waals surface area contributed by atoms with Crippen molar-refractivity contribution in [2.75, 3.05) is 12.0 Å². The summed E-state index contributed by atoms with van der Waals surface area (Å²) in [5.41, 5.74) is 3.33. The molecular formula is C11H17N3O3. The molecule has 0 aromatic heterocycles. The Morgan fingerprint density at radius 3 is 2.88 bits per heavy atom. The summed E-state index contributed by atoms with van der Waals surface area (Å²) in [4.78, 5) is 10.3. The van der Waals surface area contributed by atoms with Gasteiger partial charge >= 0.3 is 0 Å². The van der Waals surface area contributed by atoms with Gasteiger partial charge in [0.15, 0.2) is 0 Å². The van der Waals surface area contributed by atoms with E-state index in [0.717, 1.165) is 18.4 Å². The number of benzene rings is 1. The van der Waals surface area contributed by atoms with Gasteiger partial charge in [0.1, 0.15) is 5.69 Å². The minimum atomic E-state index is -0.468. The van der Waals surface area contributed by atoms with Crippen LogP contribution in [0.15, 0.2) is 18.2 Å². The number of hydrogen-bond acceptors (Lipinski definition) is 5. The Bertz CT molecular complexity index is 382.